The van der Waals surface area contributed by atoms with Gasteiger partial charge in [-0.05, 0) is 44.7 Å². The first-order chi connectivity index (χ1) is 17.7. The Balaban J connectivity index is 1.99. The summed E-state index contributed by atoms with van der Waals surface area (Å²) in [6.07, 6.45) is -4.27. The smallest absolute Gasteiger partial charge is 0.338 e. The maximum atomic E-state index is 13.5. The van der Waals surface area contributed by atoms with Crippen LogP contribution in [0.5, 0.6) is 0 Å². The Morgan fingerprint density at radius 3 is 2.16 bits per heavy atom. The van der Waals surface area contributed by atoms with E-state index in [-0.39, 0.29) is 17.9 Å². The minimum Gasteiger partial charge on any atom is -0.465 e. The van der Waals surface area contributed by atoms with Crippen molar-refractivity contribution in [2.45, 2.75) is 90.0 Å². The molecule has 10 heteroatoms. The molecule has 1 N–H and O–H groups in total. The first-order valence-electron chi connectivity index (χ1n) is 12.9. The number of ether oxygens (including phenoxy) is 5. The van der Waals surface area contributed by atoms with Crippen molar-refractivity contribution < 1.29 is 48.0 Å². The molecule has 38 heavy (non-hydrogen) atoms. The minimum atomic E-state index is -1.60. The molecule has 8 atom stereocenters. The van der Waals surface area contributed by atoms with Crippen molar-refractivity contribution in [1.82, 2.24) is 0 Å². The lowest BCUT2D eigenvalue weighted by atomic mass is 9.48. The fraction of sp³-hybridized carbons (Fsp3) is 0.643. The van der Waals surface area contributed by atoms with E-state index in [1.807, 2.05) is 20.8 Å². The van der Waals surface area contributed by atoms with Gasteiger partial charge < -0.3 is 28.8 Å². The van der Waals surface area contributed by atoms with E-state index >= 15 is 0 Å². The third-order valence-corrected chi connectivity index (χ3v) is 8.45. The van der Waals surface area contributed by atoms with Gasteiger partial charge in [0, 0.05) is 26.7 Å². The van der Waals surface area contributed by atoms with Crippen LogP contribution in [0.1, 0.15) is 64.7 Å². The molecule has 1 heterocycles. The van der Waals surface area contributed by atoms with E-state index in [2.05, 4.69) is 0 Å². The molecule has 2 saturated carbocycles. The fourth-order valence-corrected chi connectivity index (χ4v) is 7.02. The second kappa shape index (κ2) is 9.96. The summed E-state index contributed by atoms with van der Waals surface area (Å²) in [5.74, 6) is -3.38. The topological polar surface area (TPSA) is 135 Å². The van der Waals surface area contributed by atoms with Crippen LogP contribution in [0.4, 0.5) is 0 Å². The summed E-state index contributed by atoms with van der Waals surface area (Å²) in [5.41, 5.74) is -3.38. The lowest BCUT2D eigenvalue weighted by molar-refractivity contribution is -0.306. The molecule has 1 saturated heterocycles. The zero-order valence-electron chi connectivity index (χ0n) is 22.6. The van der Waals surface area contributed by atoms with Crippen molar-refractivity contribution in [3.63, 3.8) is 0 Å². The van der Waals surface area contributed by atoms with E-state index in [4.69, 9.17) is 23.7 Å². The molecule has 4 rings (SSSR count). The van der Waals surface area contributed by atoms with Gasteiger partial charge in [0.1, 0.15) is 24.2 Å². The molecule has 1 spiro atoms. The molecule has 1 aromatic carbocycles. The van der Waals surface area contributed by atoms with Crippen LogP contribution in [0.15, 0.2) is 30.3 Å². The van der Waals surface area contributed by atoms with E-state index in [0.717, 1.165) is 0 Å². The zero-order valence-corrected chi connectivity index (χ0v) is 22.6. The number of carbonyl (C=O) groups is 4. The summed E-state index contributed by atoms with van der Waals surface area (Å²) in [6, 6.07) is 8.28. The van der Waals surface area contributed by atoms with E-state index in [1.54, 1.807) is 30.3 Å². The standard InChI is InChI=1S/C28H36O10/c1-15-12-21(32)23(36-18(4)31)27(14-34-16(2)29)24(37-25(33)19-10-8-7-9-11-19)22(35-17(3)30)20-13-28(15,27)38-26(20,5)6/h7-11,15,20-24,32H,12-14H2,1-6H3/t15-,20+,21+,22+,23+,24-,27+,28+/m1/s1. The van der Waals surface area contributed by atoms with Crippen molar-refractivity contribution in [3.05, 3.63) is 35.9 Å². The number of benzene rings is 1. The van der Waals surface area contributed by atoms with Gasteiger partial charge in [-0.2, -0.15) is 0 Å². The summed E-state index contributed by atoms with van der Waals surface area (Å²) in [5, 5.41) is 11.3. The fourth-order valence-electron chi connectivity index (χ4n) is 7.02. The van der Waals surface area contributed by atoms with Crippen LogP contribution in [0.25, 0.3) is 0 Å². The summed E-state index contributed by atoms with van der Waals surface area (Å²) in [6.45, 7) is 8.90. The Labute approximate surface area is 221 Å². The minimum absolute atomic E-state index is 0.222. The largest absolute Gasteiger partial charge is 0.465 e. The monoisotopic (exact) mass is 532 g/mol. The highest BCUT2D eigenvalue weighted by Crippen LogP contribution is 2.67. The second-order valence-electron chi connectivity index (χ2n) is 11.2. The number of esters is 4. The van der Waals surface area contributed by atoms with E-state index in [9.17, 15) is 24.3 Å². The summed E-state index contributed by atoms with van der Waals surface area (Å²) in [4.78, 5) is 50.4. The molecule has 0 radical (unpaired) electrons. The average Bonchev–Trinajstić information content (AvgIpc) is 3.09. The van der Waals surface area contributed by atoms with Crippen molar-refractivity contribution in [2.75, 3.05) is 6.61 Å². The number of aliphatic hydroxyl groups is 1. The SMILES string of the molecule is CC(=O)OC[C@]12[C@H](OC(=O)c3ccccc3)[C@@H](OC(C)=O)[C@@H]3C[C@]1(OC3(C)C)[C@H](C)C[C@H](O)[C@@H]2OC(C)=O. The Morgan fingerprint density at radius 1 is 0.947 bits per heavy atom. The highest BCUT2D eigenvalue weighted by atomic mass is 16.6. The van der Waals surface area contributed by atoms with Crippen LogP contribution in [-0.4, -0.2) is 71.2 Å². The Kier molecular flexibility index (Phi) is 7.35. The van der Waals surface area contributed by atoms with Crippen molar-refractivity contribution in [3.8, 4) is 0 Å². The first kappa shape index (κ1) is 28.0. The number of hydrogen-bond donors (Lipinski definition) is 1. The van der Waals surface area contributed by atoms with E-state index < -0.39 is 77.4 Å². The number of carbonyl (C=O) groups excluding carboxylic acids is 4. The predicted octanol–water partition coefficient (Wildman–Crippen LogP) is 2.59. The molecule has 2 bridgehead atoms. The van der Waals surface area contributed by atoms with Gasteiger partial charge in [-0.15, -0.1) is 0 Å². The van der Waals surface area contributed by atoms with E-state index in [1.165, 1.54) is 20.8 Å². The lowest BCUT2D eigenvalue weighted by Gasteiger charge is -2.62. The molecule has 0 unspecified atom stereocenters. The maximum Gasteiger partial charge on any atom is 0.338 e. The van der Waals surface area contributed by atoms with Gasteiger partial charge in [0.2, 0.25) is 0 Å². The third-order valence-electron chi connectivity index (χ3n) is 8.45. The Hall–Kier alpha value is -2.98. The van der Waals surface area contributed by atoms with Gasteiger partial charge in [-0.3, -0.25) is 14.4 Å². The molecule has 1 aromatic rings. The van der Waals surface area contributed by atoms with Crippen LogP contribution in [-0.2, 0) is 38.1 Å². The van der Waals surface area contributed by atoms with Gasteiger partial charge in [0.25, 0.3) is 0 Å². The summed E-state index contributed by atoms with van der Waals surface area (Å²) < 4.78 is 30.2. The van der Waals surface area contributed by atoms with Crippen molar-refractivity contribution in [2.24, 2.45) is 17.3 Å². The van der Waals surface area contributed by atoms with Crippen LogP contribution < -0.4 is 0 Å². The molecule has 0 amide bonds. The molecule has 2 aliphatic carbocycles. The van der Waals surface area contributed by atoms with Crippen LogP contribution in [0.3, 0.4) is 0 Å². The highest BCUT2D eigenvalue weighted by molar-refractivity contribution is 5.89. The molecule has 3 aliphatic rings. The Morgan fingerprint density at radius 2 is 1.58 bits per heavy atom. The second-order valence-corrected chi connectivity index (χ2v) is 11.2. The van der Waals surface area contributed by atoms with Crippen molar-refractivity contribution >= 4 is 23.9 Å². The van der Waals surface area contributed by atoms with Crippen LogP contribution in [0.2, 0.25) is 0 Å². The zero-order chi connectivity index (χ0) is 28.0. The van der Waals surface area contributed by atoms with Gasteiger partial charge in [0.15, 0.2) is 6.10 Å². The lowest BCUT2D eigenvalue weighted by Crippen LogP contribution is -2.76. The number of hydrogen-bond acceptors (Lipinski definition) is 10. The van der Waals surface area contributed by atoms with Gasteiger partial charge >= 0.3 is 23.9 Å². The van der Waals surface area contributed by atoms with Crippen molar-refractivity contribution in [1.29, 1.82) is 0 Å². The molecular weight excluding hydrogens is 496 g/mol. The van der Waals surface area contributed by atoms with Gasteiger partial charge in [-0.1, -0.05) is 25.1 Å². The Bertz CT molecular complexity index is 1100. The number of aliphatic hydroxyl groups excluding tert-OH is 1. The molecule has 10 nitrogen and oxygen atoms in total. The highest BCUT2D eigenvalue weighted by Gasteiger charge is 2.80. The van der Waals surface area contributed by atoms with Crippen LogP contribution >= 0.6 is 0 Å². The quantitative estimate of drug-likeness (QED) is 0.430. The predicted molar refractivity (Wildman–Crippen MR) is 132 cm³/mol. The summed E-state index contributed by atoms with van der Waals surface area (Å²) in [7, 11) is 0. The average molecular weight is 533 g/mol. The molecule has 3 fully saturated rings. The molecule has 1 aliphatic heterocycles. The summed E-state index contributed by atoms with van der Waals surface area (Å²) >= 11 is 0. The maximum absolute atomic E-state index is 13.5. The number of fused-ring (bicyclic) bond motifs is 1. The molecule has 0 aromatic heterocycles. The normalized spacial score (nSPS) is 36.9. The van der Waals surface area contributed by atoms with E-state index in [0.29, 0.717) is 6.42 Å². The van der Waals surface area contributed by atoms with Crippen LogP contribution in [0, 0.1) is 17.3 Å². The van der Waals surface area contributed by atoms with Gasteiger partial charge in [0.05, 0.1) is 22.9 Å². The molecule has 208 valence electrons. The third kappa shape index (κ3) is 4.47. The van der Waals surface area contributed by atoms with Gasteiger partial charge in [-0.25, -0.2) is 4.79 Å². The molecular formula is C28H36O10. The first-order valence-corrected chi connectivity index (χ1v) is 12.9. The number of rotatable bonds is 6.